The zero-order chi connectivity index (χ0) is 14.1. The minimum absolute atomic E-state index is 0.669. The van der Waals surface area contributed by atoms with E-state index in [0.717, 1.165) is 28.5 Å². The lowest BCUT2D eigenvalue weighted by atomic mass is 10.2. The third-order valence-corrected chi connectivity index (χ3v) is 3.19. The second kappa shape index (κ2) is 4.84. The molecule has 104 valence electrons. The van der Waals surface area contributed by atoms with Crippen molar-refractivity contribution in [2.75, 3.05) is 17.7 Å². The number of aromatic nitrogens is 5. The summed E-state index contributed by atoms with van der Waals surface area (Å²) in [5, 5.41) is 10.7. The third kappa shape index (κ3) is 2.18. The molecule has 0 spiro atoms. The van der Waals surface area contributed by atoms with E-state index < -0.39 is 0 Å². The molecule has 0 saturated carbocycles. The van der Waals surface area contributed by atoms with Crippen molar-refractivity contribution in [3.63, 3.8) is 0 Å². The molecule has 3 aromatic rings. The lowest BCUT2D eigenvalue weighted by Crippen LogP contribution is -2.06. The first-order chi connectivity index (χ1) is 9.67. The molecule has 0 amide bonds. The van der Waals surface area contributed by atoms with Crippen LogP contribution >= 0.6 is 0 Å². The van der Waals surface area contributed by atoms with Crippen molar-refractivity contribution in [3.05, 3.63) is 36.0 Å². The summed E-state index contributed by atoms with van der Waals surface area (Å²) >= 11 is 0. The highest BCUT2D eigenvalue weighted by atomic mass is 15.3. The van der Waals surface area contributed by atoms with Gasteiger partial charge in [-0.3, -0.25) is 4.68 Å². The molecule has 0 unspecified atom stereocenters. The lowest BCUT2D eigenvalue weighted by Gasteiger charge is -2.09. The van der Waals surface area contributed by atoms with E-state index in [2.05, 4.69) is 25.7 Å². The summed E-state index contributed by atoms with van der Waals surface area (Å²) < 4.78 is 3.76. The van der Waals surface area contributed by atoms with Crippen LogP contribution in [-0.2, 0) is 13.6 Å². The minimum Gasteiger partial charge on any atom is -0.372 e. The van der Waals surface area contributed by atoms with Gasteiger partial charge in [-0.1, -0.05) is 0 Å². The van der Waals surface area contributed by atoms with Crippen molar-refractivity contribution in [2.45, 2.75) is 13.5 Å². The Labute approximate surface area is 116 Å². The molecule has 0 aliphatic carbocycles. The smallest absolute Gasteiger partial charge is 0.180 e. The van der Waals surface area contributed by atoms with E-state index in [1.165, 1.54) is 0 Å². The fourth-order valence-electron chi connectivity index (χ4n) is 2.17. The summed E-state index contributed by atoms with van der Waals surface area (Å²) in [6.07, 6.45) is 7.57. The van der Waals surface area contributed by atoms with Gasteiger partial charge in [-0.25, -0.2) is 9.97 Å². The van der Waals surface area contributed by atoms with E-state index in [4.69, 9.17) is 0 Å². The van der Waals surface area contributed by atoms with Crippen molar-refractivity contribution >= 4 is 17.3 Å². The van der Waals surface area contributed by atoms with Gasteiger partial charge in [0, 0.05) is 44.8 Å². The van der Waals surface area contributed by atoms with Gasteiger partial charge in [0.05, 0.1) is 11.9 Å². The average Bonchev–Trinajstić information content (AvgIpc) is 3.02. The van der Waals surface area contributed by atoms with Crippen LogP contribution in [0.2, 0.25) is 0 Å². The monoisotopic (exact) mass is 271 g/mol. The average molecular weight is 271 g/mol. The second-order valence-corrected chi connectivity index (χ2v) is 4.65. The highest BCUT2D eigenvalue weighted by molar-refractivity contribution is 5.65. The van der Waals surface area contributed by atoms with Crippen LogP contribution in [0.3, 0.4) is 0 Å². The summed E-state index contributed by atoms with van der Waals surface area (Å²) in [6.45, 7) is 2.67. The minimum atomic E-state index is 0.669. The molecule has 0 aromatic carbocycles. The highest BCUT2D eigenvalue weighted by Gasteiger charge is 2.08. The molecule has 0 bridgehead atoms. The number of anilines is 2. The molecule has 0 aliphatic heterocycles. The number of nitrogens with zero attached hydrogens (tertiary/aromatic N) is 5. The van der Waals surface area contributed by atoms with E-state index >= 15 is 0 Å². The van der Waals surface area contributed by atoms with Crippen LogP contribution in [0.25, 0.3) is 5.65 Å². The molecule has 3 heterocycles. The maximum absolute atomic E-state index is 4.51. The molecule has 0 fully saturated rings. The van der Waals surface area contributed by atoms with Gasteiger partial charge in [0.2, 0.25) is 0 Å². The van der Waals surface area contributed by atoms with Crippen molar-refractivity contribution in [2.24, 2.45) is 7.05 Å². The van der Waals surface area contributed by atoms with Gasteiger partial charge in [-0.05, 0) is 6.92 Å². The van der Waals surface area contributed by atoms with Crippen LogP contribution in [0.15, 0.2) is 24.8 Å². The number of hydrogen-bond acceptors (Lipinski definition) is 5. The highest BCUT2D eigenvalue weighted by Crippen LogP contribution is 2.17. The van der Waals surface area contributed by atoms with Crippen molar-refractivity contribution in [3.8, 4) is 0 Å². The predicted molar refractivity (Wildman–Crippen MR) is 77.8 cm³/mol. The van der Waals surface area contributed by atoms with Crippen LogP contribution < -0.4 is 10.6 Å². The Morgan fingerprint density at radius 2 is 2.15 bits per heavy atom. The fraction of sp³-hybridized carbons (Fsp3) is 0.308. The molecule has 7 nitrogen and oxygen atoms in total. The molecule has 0 saturated heterocycles. The van der Waals surface area contributed by atoms with Gasteiger partial charge < -0.3 is 15.0 Å². The molecule has 2 N–H and O–H groups in total. The molecular weight excluding hydrogens is 254 g/mol. The number of fused-ring (bicyclic) bond motifs is 1. The Balaban J connectivity index is 1.90. The first-order valence-corrected chi connectivity index (χ1v) is 6.42. The Bertz CT molecular complexity index is 740. The number of aryl methyl sites for hydroxylation is 2. The van der Waals surface area contributed by atoms with Gasteiger partial charge in [0.15, 0.2) is 11.5 Å². The van der Waals surface area contributed by atoms with Gasteiger partial charge in [-0.2, -0.15) is 5.10 Å². The zero-order valence-electron chi connectivity index (χ0n) is 11.8. The Morgan fingerprint density at radius 1 is 1.30 bits per heavy atom. The van der Waals surface area contributed by atoms with Crippen LogP contribution in [0.1, 0.15) is 11.3 Å². The molecule has 3 rings (SSSR count). The Morgan fingerprint density at radius 3 is 2.85 bits per heavy atom. The molecule has 0 atom stereocenters. The van der Waals surface area contributed by atoms with Gasteiger partial charge in [-0.15, -0.1) is 0 Å². The molecule has 7 heteroatoms. The number of imidazole rings is 1. The Hall–Kier alpha value is -2.57. The molecule has 0 aliphatic rings. The summed E-state index contributed by atoms with van der Waals surface area (Å²) in [4.78, 5) is 8.83. The van der Waals surface area contributed by atoms with E-state index in [-0.39, 0.29) is 0 Å². The predicted octanol–water partition coefficient (Wildman–Crippen LogP) is 1.43. The first-order valence-electron chi connectivity index (χ1n) is 6.42. The summed E-state index contributed by atoms with van der Waals surface area (Å²) in [6, 6.07) is 0. The molecule has 20 heavy (non-hydrogen) atoms. The Kier molecular flexibility index (Phi) is 3.02. The van der Waals surface area contributed by atoms with Crippen LogP contribution in [0.5, 0.6) is 0 Å². The van der Waals surface area contributed by atoms with Gasteiger partial charge in [0.25, 0.3) is 0 Å². The van der Waals surface area contributed by atoms with E-state index in [1.54, 1.807) is 6.20 Å². The second-order valence-electron chi connectivity index (χ2n) is 4.65. The normalized spacial score (nSPS) is 10.9. The summed E-state index contributed by atoms with van der Waals surface area (Å²) in [5.74, 6) is 1.55. The van der Waals surface area contributed by atoms with E-state index in [1.807, 2.05) is 48.7 Å². The number of hydrogen-bond donors (Lipinski definition) is 2. The number of nitrogens with one attached hydrogen (secondary N) is 2. The molecular formula is C13H17N7. The van der Waals surface area contributed by atoms with Crippen molar-refractivity contribution in [1.29, 1.82) is 0 Å². The maximum atomic E-state index is 4.51. The number of rotatable bonds is 4. The van der Waals surface area contributed by atoms with Crippen molar-refractivity contribution < 1.29 is 0 Å². The summed E-state index contributed by atoms with van der Waals surface area (Å²) in [7, 11) is 3.77. The lowest BCUT2D eigenvalue weighted by molar-refractivity contribution is 0.756. The third-order valence-electron chi connectivity index (χ3n) is 3.19. The quantitative estimate of drug-likeness (QED) is 0.751. The van der Waals surface area contributed by atoms with Crippen LogP contribution in [0, 0.1) is 6.92 Å². The van der Waals surface area contributed by atoms with Crippen molar-refractivity contribution in [1.82, 2.24) is 24.1 Å². The first kappa shape index (κ1) is 12.5. The zero-order valence-corrected chi connectivity index (χ0v) is 11.8. The van der Waals surface area contributed by atoms with Crippen LogP contribution in [-0.4, -0.2) is 31.2 Å². The van der Waals surface area contributed by atoms with E-state index in [0.29, 0.717) is 6.54 Å². The standard InChI is InChI=1S/C13H17N7/c1-9-10(7-19(3)18-9)6-16-12-13-15-4-5-20(13)8-11(14-2)17-12/h4-5,7-8,14H,6H2,1-3H3,(H,16,17). The van der Waals surface area contributed by atoms with Gasteiger partial charge in [0.1, 0.15) is 5.82 Å². The topological polar surface area (TPSA) is 72.1 Å². The molecule has 3 aromatic heterocycles. The summed E-state index contributed by atoms with van der Waals surface area (Å²) in [5.41, 5.74) is 2.98. The van der Waals surface area contributed by atoms with Gasteiger partial charge >= 0.3 is 0 Å². The fourth-order valence-corrected chi connectivity index (χ4v) is 2.17. The largest absolute Gasteiger partial charge is 0.372 e. The van der Waals surface area contributed by atoms with E-state index in [9.17, 15) is 0 Å². The SMILES string of the molecule is CNc1cn2ccnc2c(NCc2cn(C)nc2C)n1. The van der Waals surface area contributed by atoms with Crippen LogP contribution in [0.4, 0.5) is 11.6 Å². The molecule has 0 radical (unpaired) electrons. The maximum Gasteiger partial charge on any atom is 0.180 e.